The fourth-order valence-corrected chi connectivity index (χ4v) is 9.97. The van der Waals surface area contributed by atoms with Crippen LogP contribution in [0.1, 0.15) is 52.6 Å². The molecule has 6 aromatic rings. The number of unbranched alkanes of at least 4 members (excludes halogenated alkanes) is 1. The van der Waals surface area contributed by atoms with Gasteiger partial charge in [0.1, 0.15) is 6.04 Å². The van der Waals surface area contributed by atoms with Gasteiger partial charge in [-0.1, -0.05) is 182 Å². The van der Waals surface area contributed by atoms with Crippen molar-refractivity contribution in [1.82, 2.24) is 10.6 Å². The highest BCUT2D eigenvalue weighted by molar-refractivity contribution is 8.01. The lowest BCUT2D eigenvalue weighted by molar-refractivity contribution is -0.128. The lowest BCUT2D eigenvalue weighted by Gasteiger charge is -2.35. The second-order valence-corrected chi connectivity index (χ2v) is 15.9. The molecule has 0 bridgehead atoms. The highest BCUT2D eigenvalue weighted by Gasteiger charge is 2.39. The van der Waals surface area contributed by atoms with Gasteiger partial charge in [-0.3, -0.25) is 9.59 Å². The Labute approximate surface area is 334 Å². The molecule has 0 radical (unpaired) electrons. The maximum absolute atomic E-state index is 13.9. The summed E-state index contributed by atoms with van der Waals surface area (Å²) in [5.74, 6) is 0.442. The van der Waals surface area contributed by atoms with Crippen molar-refractivity contribution < 1.29 is 9.59 Å². The summed E-state index contributed by atoms with van der Waals surface area (Å²) in [4.78, 5) is 27.8. The molecule has 2 amide bonds. The minimum Gasteiger partial charge on any atom is -0.353 e. The van der Waals surface area contributed by atoms with E-state index in [9.17, 15) is 9.59 Å². The predicted molar refractivity (Wildman–Crippen MR) is 231 cm³/mol. The van der Waals surface area contributed by atoms with E-state index in [1.165, 1.54) is 16.7 Å². The van der Waals surface area contributed by atoms with Gasteiger partial charge in [0.25, 0.3) is 0 Å². The molecule has 0 saturated heterocycles. The molecule has 6 rings (SSSR count). The van der Waals surface area contributed by atoms with E-state index in [-0.39, 0.29) is 17.6 Å². The SMILES string of the molecule is NCCCCC(NC(=O)CSC(c1ccccc1)(c1ccccc1)c1ccccc1)C(=O)NCCSC(c1ccccc1)(c1ccccc1)c1ccccc1. The normalized spacial score (nSPS) is 12.1. The molecule has 0 heterocycles. The van der Waals surface area contributed by atoms with E-state index in [4.69, 9.17) is 5.73 Å². The first-order chi connectivity index (χ1) is 27.1. The van der Waals surface area contributed by atoms with Crippen molar-refractivity contribution in [3.8, 4) is 0 Å². The van der Waals surface area contributed by atoms with Gasteiger partial charge in [0, 0.05) is 12.3 Å². The average molecular weight is 764 g/mol. The molecule has 55 heavy (non-hydrogen) atoms. The van der Waals surface area contributed by atoms with E-state index < -0.39 is 15.5 Å². The monoisotopic (exact) mass is 763 g/mol. The third-order valence-corrected chi connectivity index (χ3v) is 12.9. The molecule has 0 aliphatic rings. The molecule has 0 aromatic heterocycles. The number of amides is 2. The van der Waals surface area contributed by atoms with Crippen LogP contribution in [0.15, 0.2) is 182 Å². The van der Waals surface area contributed by atoms with Gasteiger partial charge in [-0.2, -0.15) is 0 Å². The summed E-state index contributed by atoms with van der Waals surface area (Å²) in [6, 6.07) is 61.9. The lowest BCUT2D eigenvalue weighted by atomic mass is 9.84. The molecular weight excluding hydrogens is 715 g/mol. The Hall–Kier alpha value is -5.08. The van der Waals surface area contributed by atoms with E-state index in [0.29, 0.717) is 25.3 Å². The van der Waals surface area contributed by atoms with Gasteiger partial charge in [-0.05, 0) is 59.2 Å². The van der Waals surface area contributed by atoms with Gasteiger partial charge in [0.2, 0.25) is 11.8 Å². The van der Waals surface area contributed by atoms with E-state index in [1.54, 1.807) is 23.5 Å². The van der Waals surface area contributed by atoms with E-state index >= 15 is 0 Å². The molecule has 280 valence electrons. The van der Waals surface area contributed by atoms with Gasteiger partial charge in [-0.25, -0.2) is 0 Å². The summed E-state index contributed by atoms with van der Waals surface area (Å²) < 4.78 is -1.12. The zero-order valence-corrected chi connectivity index (χ0v) is 32.7. The zero-order chi connectivity index (χ0) is 38.2. The highest BCUT2D eigenvalue weighted by atomic mass is 32.2. The van der Waals surface area contributed by atoms with Gasteiger partial charge < -0.3 is 16.4 Å². The summed E-state index contributed by atoms with van der Waals surface area (Å²) in [5, 5.41) is 6.30. The number of carbonyl (C=O) groups is 2. The smallest absolute Gasteiger partial charge is 0.242 e. The maximum atomic E-state index is 13.9. The van der Waals surface area contributed by atoms with Crippen LogP contribution in [0, 0.1) is 0 Å². The van der Waals surface area contributed by atoms with Crippen LogP contribution in [-0.4, -0.2) is 42.5 Å². The molecule has 1 atom stereocenters. The number of nitrogens with two attached hydrogens (primary N) is 1. The summed E-state index contributed by atoms with van der Waals surface area (Å²) >= 11 is 3.37. The zero-order valence-electron chi connectivity index (χ0n) is 31.1. The third-order valence-electron chi connectivity index (χ3n) is 9.82. The van der Waals surface area contributed by atoms with Crippen LogP contribution in [0.4, 0.5) is 0 Å². The molecule has 7 heteroatoms. The first-order valence-corrected chi connectivity index (χ1v) is 20.9. The van der Waals surface area contributed by atoms with Gasteiger partial charge in [0.15, 0.2) is 0 Å². The van der Waals surface area contributed by atoms with E-state index in [1.807, 2.05) is 72.8 Å². The standard InChI is InChI=1S/C48H49N3O2S2/c49-34-20-19-33-44(51-45(52)37-55-48(41-27-13-4-14-28-41,42-29-15-5-16-30-42)43-31-17-6-18-32-43)46(53)50-35-36-54-47(38-21-7-1-8-22-38,39-23-9-2-10-24-39)40-25-11-3-12-26-40/h1-18,21-32,44H,19-20,33-37,49H2,(H,50,53)(H,51,52). The van der Waals surface area contributed by atoms with Crippen LogP contribution in [0.3, 0.4) is 0 Å². The van der Waals surface area contributed by atoms with Crippen molar-refractivity contribution in [2.75, 3.05) is 24.6 Å². The van der Waals surface area contributed by atoms with Crippen molar-refractivity contribution in [1.29, 1.82) is 0 Å². The van der Waals surface area contributed by atoms with Crippen molar-refractivity contribution in [2.45, 2.75) is 34.8 Å². The molecule has 6 aromatic carbocycles. The Morgan fingerprint density at radius 1 is 0.509 bits per heavy atom. The number of rotatable bonds is 19. The van der Waals surface area contributed by atoms with Crippen molar-refractivity contribution in [3.63, 3.8) is 0 Å². The molecular formula is C48H49N3O2S2. The summed E-state index contributed by atoms with van der Waals surface area (Å²) in [6.45, 7) is 0.970. The Morgan fingerprint density at radius 3 is 1.20 bits per heavy atom. The maximum Gasteiger partial charge on any atom is 0.242 e. The number of benzene rings is 6. The number of nitrogens with one attached hydrogen (secondary N) is 2. The largest absolute Gasteiger partial charge is 0.353 e. The Kier molecular flexibility index (Phi) is 14.4. The lowest BCUT2D eigenvalue weighted by Crippen LogP contribution is -2.48. The fourth-order valence-electron chi connectivity index (χ4n) is 7.21. The van der Waals surface area contributed by atoms with Crippen LogP contribution in [0.5, 0.6) is 0 Å². The van der Waals surface area contributed by atoms with Crippen molar-refractivity contribution >= 4 is 35.3 Å². The minimum absolute atomic E-state index is 0.156. The van der Waals surface area contributed by atoms with Crippen LogP contribution < -0.4 is 16.4 Å². The summed E-state index contributed by atoms with van der Waals surface area (Å²) in [6.07, 6.45) is 2.02. The van der Waals surface area contributed by atoms with Gasteiger partial charge in [-0.15, -0.1) is 23.5 Å². The third kappa shape index (κ3) is 9.60. The number of thioether (sulfide) groups is 2. The molecule has 0 fully saturated rings. The second-order valence-electron chi connectivity index (χ2n) is 13.4. The molecule has 5 nitrogen and oxygen atoms in total. The van der Waals surface area contributed by atoms with Crippen molar-refractivity contribution in [2.24, 2.45) is 5.73 Å². The Balaban J connectivity index is 1.18. The van der Waals surface area contributed by atoms with E-state index in [2.05, 4.69) is 120 Å². The second kappa shape index (κ2) is 20.0. The number of hydrogen-bond acceptors (Lipinski definition) is 5. The number of hydrogen-bond donors (Lipinski definition) is 3. The Morgan fingerprint density at radius 2 is 0.855 bits per heavy atom. The first kappa shape index (κ1) is 39.6. The molecule has 0 spiro atoms. The van der Waals surface area contributed by atoms with Gasteiger partial charge in [0.05, 0.1) is 15.2 Å². The predicted octanol–water partition coefficient (Wildman–Crippen LogP) is 9.17. The summed E-state index contributed by atoms with van der Waals surface area (Å²) in [5.41, 5.74) is 12.6. The molecule has 4 N–H and O–H groups in total. The van der Waals surface area contributed by atoms with Crippen LogP contribution in [-0.2, 0) is 19.1 Å². The van der Waals surface area contributed by atoms with Crippen molar-refractivity contribution in [3.05, 3.63) is 215 Å². The molecule has 1 unspecified atom stereocenters. The van der Waals surface area contributed by atoms with Gasteiger partial charge >= 0.3 is 0 Å². The van der Waals surface area contributed by atoms with Crippen LogP contribution in [0.2, 0.25) is 0 Å². The quantitative estimate of drug-likeness (QED) is 0.0567. The fraction of sp³-hybridized carbons (Fsp3) is 0.208. The minimum atomic E-state index is -0.675. The van der Waals surface area contributed by atoms with Crippen LogP contribution in [0.25, 0.3) is 0 Å². The average Bonchev–Trinajstić information content (AvgIpc) is 3.26. The topological polar surface area (TPSA) is 84.2 Å². The van der Waals surface area contributed by atoms with Crippen LogP contribution >= 0.6 is 23.5 Å². The number of carbonyl (C=O) groups excluding carboxylic acids is 2. The van der Waals surface area contributed by atoms with E-state index in [0.717, 1.165) is 29.5 Å². The molecule has 0 aliphatic carbocycles. The summed E-state index contributed by atoms with van der Waals surface area (Å²) in [7, 11) is 0. The first-order valence-electron chi connectivity index (χ1n) is 19.0. The molecule has 0 saturated carbocycles. The Bertz CT molecular complexity index is 1840. The molecule has 0 aliphatic heterocycles. The highest BCUT2D eigenvalue weighted by Crippen LogP contribution is 2.49.